The van der Waals surface area contributed by atoms with Crippen molar-refractivity contribution in [3.63, 3.8) is 0 Å². The van der Waals surface area contributed by atoms with E-state index in [9.17, 15) is 0 Å². The average Bonchev–Trinajstić information content (AvgIpc) is 2.26. The lowest BCUT2D eigenvalue weighted by atomic mass is 9.82. The maximum Gasteiger partial charge on any atom is 0.0352 e. The Hall–Kier alpha value is -1.02. The van der Waals surface area contributed by atoms with Crippen molar-refractivity contribution in [3.8, 4) is 0 Å². The Morgan fingerprint density at radius 2 is 2.33 bits per heavy atom. The van der Waals surface area contributed by atoms with E-state index in [2.05, 4.69) is 24.4 Å². The van der Waals surface area contributed by atoms with Crippen LogP contribution in [0.1, 0.15) is 36.8 Å². The van der Waals surface area contributed by atoms with Gasteiger partial charge in [-0.1, -0.05) is 19.1 Å². The molecule has 2 heteroatoms. The Balaban J connectivity index is 2.24. The number of fused-ring (bicyclic) bond motifs is 1. The molecule has 0 bridgehead atoms. The van der Waals surface area contributed by atoms with Gasteiger partial charge in [-0.2, -0.15) is 0 Å². The molecule has 0 fully saturated rings. The molecule has 0 saturated carbocycles. The summed E-state index contributed by atoms with van der Waals surface area (Å²) >= 11 is 0. The number of anilines is 1. The Bertz CT molecular complexity index is 333. The molecule has 82 valence electrons. The highest BCUT2D eigenvalue weighted by Gasteiger charge is 2.21. The van der Waals surface area contributed by atoms with E-state index in [4.69, 9.17) is 5.73 Å². The molecule has 0 spiro atoms. The fourth-order valence-corrected chi connectivity index (χ4v) is 2.55. The molecule has 0 aromatic heterocycles. The number of aryl methyl sites for hydroxylation is 1. The van der Waals surface area contributed by atoms with Crippen LogP contribution in [0.15, 0.2) is 18.2 Å². The zero-order valence-electron chi connectivity index (χ0n) is 9.42. The smallest absolute Gasteiger partial charge is 0.0352 e. The van der Waals surface area contributed by atoms with Gasteiger partial charge in [-0.3, -0.25) is 0 Å². The van der Waals surface area contributed by atoms with Crippen molar-refractivity contribution >= 4 is 5.69 Å². The van der Waals surface area contributed by atoms with Crippen molar-refractivity contribution in [1.82, 2.24) is 5.32 Å². The number of hydrogen-bond donors (Lipinski definition) is 2. The summed E-state index contributed by atoms with van der Waals surface area (Å²) in [6.45, 7) is 4.26. The second-order valence-corrected chi connectivity index (χ2v) is 4.32. The first-order chi connectivity index (χ1) is 7.33. The first-order valence-corrected chi connectivity index (χ1v) is 5.91. The second-order valence-electron chi connectivity index (χ2n) is 4.32. The van der Waals surface area contributed by atoms with Crippen LogP contribution in [0.5, 0.6) is 0 Å². The minimum absolute atomic E-state index is 0.620. The summed E-state index contributed by atoms with van der Waals surface area (Å²) in [5, 5.41) is 3.43. The van der Waals surface area contributed by atoms with Gasteiger partial charge in [-0.15, -0.1) is 0 Å². The van der Waals surface area contributed by atoms with Crippen LogP contribution < -0.4 is 11.1 Å². The van der Waals surface area contributed by atoms with E-state index in [-0.39, 0.29) is 0 Å². The van der Waals surface area contributed by atoms with Crippen molar-refractivity contribution < 1.29 is 0 Å². The molecule has 0 amide bonds. The Labute approximate surface area is 91.9 Å². The van der Waals surface area contributed by atoms with Crippen LogP contribution in [0.25, 0.3) is 0 Å². The topological polar surface area (TPSA) is 38.0 Å². The summed E-state index contributed by atoms with van der Waals surface area (Å²) in [4.78, 5) is 0. The fraction of sp³-hybridized carbons (Fsp3) is 0.538. The van der Waals surface area contributed by atoms with Crippen LogP contribution in [0.2, 0.25) is 0 Å². The van der Waals surface area contributed by atoms with Crippen molar-refractivity contribution in [3.05, 3.63) is 29.3 Å². The van der Waals surface area contributed by atoms with Crippen molar-refractivity contribution in [2.45, 2.75) is 32.1 Å². The minimum Gasteiger partial charge on any atom is -0.398 e. The summed E-state index contributed by atoms with van der Waals surface area (Å²) in [5.74, 6) is 0.620. The standard InChI is InChI=1S/C13H20N2/c1-2-15-9-11-7-3-5-10-6-4-8-12(14)13(10)11/h4,6,8,11,15H,2-3,5,7,9,14H2,1H3. The largest absolute Gasteiger partial charge is 0.398 e. The molecule has 0 saturated heterocycles. The van der Waals surface area contributed by atoms with Crippen molar-refractivity contribution in [2.24, 2.45) is 0 Å². The summed E-state index contributed by atoms with van der Waals surface area (Å²) in [5.41, 5.74) is 9.93. The lowest BCUT2D eigenvalue weighted by Gasteiger charge is -2.27. The van der Waals surface area contributed by atoms with Crippen molar-refractivity contribution in [1.29, 1.82) is 0 Å². The number of rotatable bonds is 3. The van der Waals surface area contributed by atoms with Gasteiger partial charge in [0.2, 0.25) is 0 Å². The van der Waals surface area contributed by atoms with Crippen LogP contribution in [-0.4, -0.2) is 13.1 Å². The molecule has 1 aliphatic carbocycles. The minimum atomic E-state index is 0.620. The van der Waals surface area contributed by atoms with E-state index in [1.54, 1.807) is 0 Å². The van der Waals surface area contributed by atoms with Crippen LogP contribution in [0.4, 0.5) is 5.69 Å². The quantitative estimate of drug-likeness (QED) is 0.741. The molecule has 1 unspecified atom stereocenters. The lowest BCUT2D eigenvalue weighted by Crippen LogP contribution is -2.25. The average molecular weight is 204 g/mol. The SMILES string of the molecule is CCNCC1CCCc2cccc(N)c21. The number of nitrogen functional groups attached to an aromatic ring is 1. The molecule has 0 aliphatic heterocycles. The molecule has 1 aromatic rings. The maximum atomic E-state index is 6.08. The summed E-state index contributed by atoms with van der Waals surface area (Å²) in [6.07, 6.45) is 3.77. The third-order valence-electron chi connectivity index (χ3n) is 3.28. The van der Waals surface area contributed by atoms with E-state index < -0.39 is 0 Å². The molecule has 1 aromatic carbocycles. The highest BCUT2D eigenvalue weighted by molar-refractivity contribution is 5.54. The van der Waals surface area contributed by atoms with Gasteiger partial charge in [0, 0.05) is 12.2 Å². The zero-order valence-corrected chi connectivity index (χ0v) is 9.42. The van der Waals surface area contributed by atoms with Gasteiger partial charge in [0.15, 0.2) is 0 Å². The first-order valence-electron chi connectivity index (χ1n) is 5.91. The highest BCUT2D eigenvalue weighted by Crippen LogP contribution is 2.34. The third-order valence-corrected chi connectivity index (χ3v) is 3.28. The number of nitrogens with two attached hydrogens (primary N) is 1. The molecular weight excluding hydrogens is 184 g/mol. The van der Waals surface area contributed by atoms with Crippen LogP contribution in [0.3, 0.4) is 0 Å². The van der Waals surface area contributed by atoms with Gasteiger partial charge in [0.25, 0.3) is 0 Å². The van der Waals surface area contributed by atoms with E-state index >= 15 is 0 Å². The predicted molar refractivity (Wildman–Crippen MR) is 65.1 cm³/mol. The Morgan fingerprint density at radius 3 is 3.13 bits per heavy atom. The van der Waals surface area contributed by atoms with Crippen LogP contribution >= 0.6 is 0 Å². The normalized spacial score (nSPS) is 19.9. The second kappa shape index (κ2) is 4.67. The molecule has 0 radical (unpaired) electrons. The molecule has 2 rings (SSSR count). The molecule has 0 heterocycles. The lowest BCUT2D eigenvalue weighted by molar-refractivity contribution is 0.516. The van der Waals surface area contributed by atoms with Crippen LogP contribution in [0, 0.1) is 0 Å². The molecule has 2 nitrogen and oxygen atoms in total. The van der Waals surface area contributed by atoms with E-state index in [1.165, 1.54) is 30.4 Å². The van der Waals surface area contributed by atoms with Gasteiger partial charge in [0.1, 0.15) is 0 Å². The Kier molecular flexibility index (Phi) is 3.27. The maximum absolute atomic E-state index is 6.08. The molecule has 15 heavy (non-hydrogen) atoms. The predicted octanol–water partition coefficient (Wildman–Crippen LogP) is 2.30. The van der Waals surface area contributed by atoms with Gasteiger partial charge in [0.05, 0.1) is 0 Å². The van der Waals surface area contributed by atoms with Crippen LogP contribution in [-0.2, 0) is 6.42 Å². The Morgan fingerprint density at radius 1 is 1.47 bits per heavy atom. The summed E-state index contributed by atoms with van der Waals surface area (Å²) in [7, 11) is 0. The number of likely N-dealkylation sites (N-methyl/N-ethyl adjacent to an activating group) is 1. The number of benzene rings is 1. The summed E-state index contributed by atoms with van der Waals surface area (Å²) in [6, 6.07) is 6.33. The number of nitrogens with one attached hydrogen (secondary N) is 1. The van der Waals surface area contributed by atoms with Gasteiger partial charge >= 0.3 is 0 Å². The van der Waals surface area contributed by atoms with E-state index in [0.29, 0.717) is 5.92 Å². The van der Waals surface area contributed by atoms with E-state index in [1.807, 2.05) is 6.07 Å². The van der Waals surface area contributed by atoms with Crippen molar-refractivity contribution in [2.75, 3.05) is 18.8 Å². The monoisotopic (exact) mass is 204 g/mol. The molecular formula is C13H20N2. The fourth-order valence-electron chi connectivity index (χ4n) is 2.55. The van der Waals surface area contributed by atoms with Gasteiger partial charge in [-0.05, 0) is 48.9 Å². The summed E-state index contributed by atoms with van der Waals surface area (Å²) < 4.78 is 0. The van der Waals surface area contributed by atoms with E-state index in [0.717, 1.165) is 18.8 Å². The molecule has 1 atom stereocenters. The van der Waals surface area contributed by atoms with Gasteiger partial charge in [-0.25, -0.2) is 0 Å². The zero-order chi connectivity index (χ0) is 10.7. The highest BCUT2D eigenvalue weighted by atomic mass is 14.8. The molecule has 3 N–H and O–H groups in total. The number of hydrogen-bond acceptors (Lipinski definition) is 2. The third kappa shape index (κ3) is 2.15. The van der Waals surface area contributed by atoms with Gasteiger partial charge < -0.3 is 11.1 Å². The molecule has 1 aliphatic rings. The first kappa shape index (κ1) is 10.5.